The number of pyridine rings is 1. The van der Waals surface area contributed by atoms with Gasteiger partial charge in [0.2, 0.25) is 0 Å². The Kier molecular flexibility index (Phi) is 3.50. The number of aromatic amines is 1. The molecule has 1 aromatic carbocycles. The second-order valence-corrected chi connectivity index (χ2v) is 6.75. The number of fused-ring (bicyclic) bond motifs is 1. The van der Waals surface area contributed by atoms with Crippen LogP contribution in [0.3, 0.4) is 0 Å². The normalized spacial score (nSPS) is 17.7. The Morgan fingerprint density at radius 2 is 2.09 bits per heavy atom. The lowest BCUT2D eigenvalue weighted by molar-refractivity contribution is 0.0732. The van der Waals surface area contributed by atoms with Crippen LogP contribution in [-0.2, 0) is 0 Å². The standard InChI is InChI=1S/C18H16N2O2S/c21-17-13-6-2-1-5-12(13)11-14(19-17)18(22)20-9-3-7-15(20)16-8-4-10-23-16/h1-2,4-6,8,10-11,15H,3,7,9H2,(H,19,21)/t15-/m0/s1. The van der Waals surface area contributed by atoms with Gasteiger partial charge in [-0.2, -0.15) is 0 Å². The number of hydrogen-bond acceptors (Lipinski definition) is 3. The molecule has 116 valence electrons. The van der Waals surface area contributed by atoms with Gasteiger partial charge in [0.05, 0.1) is 6.04 Å². The first kappa shape index (κ1) is 14.2. The highest BCUT2D eigenvalue weighted by molar-refractivity contribution is 7.10. The minimum atomic E-state index is -0.210. The van der Waals surface area contributed by atoms with E-state index < -0.39 is 0 Å². The number of aromatic nitrogens is 1. The van der Waals surface area contributed by atoms with E-state index in [-0.39, 0.29) is 17.5 Å². The van der Waals surface area contributed by atoms with Crippen LogP contribution in [0.25, 0.3) is 10.8 Å². The van der Waals surface area contributed by atoms with Crippen LogP contribution < -0.4 is 5.56 Å². The van der Waals surface area contributed by atoms with E-state index in [0.717, 1.165) is 24.8 Å². The molecular weight excluding hydrogens is 308 g/mol. The molecule has 1 amide bonds. The number of benzene rings is 1. The molecule has 1 aliphatic heterocycles. The lowest BCUT2D eigenvalue weighted by atomic mass is 10.1. The van der Waals surface area contributed by atoms with E-state index in [0.29, 0.717) is 11.1 Å². The number of nitrogens with zero attached hydrogens (tertiary/aromatic N) is 1. The first-order chi connectivity index (χ1) is 11.2. The van der Waals surface area contributed by atoms with Crippen LogP contribution in [0.1, 0.15) is 34.2 Å². The van der Waals surface area contributed by atoms with Crippen LogP contribution in [0, 0.1) is 0 Å². The fourth-order valence-corrected chi connectivity index (χ4v) is 4.14. The summed E-state index contributed by atoms with van der Waals surface area (Å²) in [7, 11) is 0. The number of carbonyl (C=O) groups excluding carboxylic acids is 1. The topological polar surface area (TPSA) is 53.2 Å². The molecule has 3 heterocycles. The van der Waals surface area contributed by atoms with Crippen LogP contribution in [0.2, 0.25) is 0 Å². The number of thiophene rings is 1. The van der Waals surface area contributed by atoms with Gasteiger partial charge in [-0.05, 0) is 41.8 Å². The van der Waals surface area contributed by atoms with E-state index in [1.54, 1.807) is 23.5 Å². The van der Waals surface area contributed by atoms with Crippen molar-refractivity contribution in [3.63, 3.8) is 0 Å². The molecule has 0 spiro atoms. The van der Waals surface area contributed by atoms with Crippen molar-refractivity contribution >= 4 is 28.0 Å². The van der Waals surface area contributed by atoms with Crippen LogP contribution in [-0.4, -0.2) is 22.3 Å². The van der Waals surface area contributed by atoms with Gasteiger partial charge in [0.1, 0.15) is 5.69 Å². The summed E-state index contributed by atoms with van der Waals surface area (Å²) in [5.74, 6) is -0.0937. The summed E-state index contributed by atoms with van der Waals surface area (Å²) in [6.45, 7) is 0.732. The average molecular weight is 324 g/mol. The van der Waals surface area contributed by atoms with E-state index in [4.69, 9.17) is 0 Å². The van der Waals surface area contributed by atoms with E-state index in [2.05, 4.69) is 11.1 Å². The maximum Gasteiger partial charge on any atom is 0.270 e. The molecule has 3 aromatic rings. The molecule has 4 rings (SSSR count). The Labute approximate surface area is 137 Å². The minimum Gasteiger partial charge on any atom is -0.330 e. The molecule has 0 unspecified atom stereocenters. The van der Waals surface area contributed by atoms with Gasteiger partial charge >= 0.3 is 0 Å². The molecule has 0 aliphatic carbocycles. The number of H-pyrrole nitrogens is 1. The fourth-order valence-electron chi connectivity index (χ4n) is 3.27. The molecule has 2 aromatic heterocycles. The van der Waals surface area contributed by atoms with Crippen molar-refractivity contribution in [3.8, 4) is 0 Å². The predicted molar refractivity (Wildman–Crippen MR) is 91.9 cm³/mol. The fraction of sp³-hybridized carbons (Fsp3) is 0.222. The van der Waals surface area contributed by atoms with Crippen molar-refractivity contribution in [1.29, 1.82) is 0 Å². The smallest absolute Gasteiger partial charge is 0.270 e. The number of rotatable bonds is 2. The third kappa shape index (κ3) is 2.47. The molecule has 1 N–H and O–H groups in total. The number of nitrogens with one attached hydrogen (secondary N) is 1. The summed E-state index contributed by atoms with van der Waals surface area (Å²) in [4.78, 5) is 31.0. The Morgan fingerprint density at radius 3 is 2.91 bits per heavy atom. The van der Waals surface area contributed by atoms with Crippen molar-refractivity contribution in [3.05, 3.63) is 68.8 Å². The third-order valence-electron chi connectivity index (χ3n) is 4.37. The lowest BCUT2D eigenvalue weighted by Gasteiger charge is -2.23. The number of amides is 1. The summed E-state index contributed by atoms with van der Waals surface area (Å²) in [6, 6.07) is 13.3. The molecular formula is C18H16N2O2S. The summed E-state index contributed by atoms with van der Waals surface area (Å²) in [5.41, 5.74) is 0.162. The Balaban J connectivity index is 1.73. The summed E-state index contributed by atoms with van der Waals surface area (Å²) in [6.07, 6.45) is 1.97. The summed E-state index contributed by atoms with van der Waals surface area (Å²) < 4.78 is 0. The summed E-state index contributed by atoms with van der Waals surface area (Å²) >= 11 is 1.68. The van der Waals surface area contributed by atoms with Gasteiger partial charge < -0.3 is 9.88 Å². The van der Waals surface area contributed by atoms with Crippen LogP contribution in [0.4, 0.5) is 0 Å². The highest BCUT2D eigenvalue weighted by atomic mass is 32.1. The van der Waals surface area contributed by atoms with Gasteiger partial charge in [0.15, 0.2) is 0 Å². The quantitative estimate of drug-likeness (QED) is 0.783. The van der Waals surface area contributed by atoms with E-state index >= 15 is 0 Å². The number of hydrogen-bond donors (Lipinski definition) is 1. The molecule has 5 heteroatoms. The molecule has 0 saturated carbocycles. The zero-order chi connectivity index (χ0) is 15.8. The summed E-state index contributed by atoms with van der Waals surface area (Å²) in [5, 5.41) is 3.44. The van der Waals surface area contributed by atoms with E-state index in [1.807, 2.05) is 34.5 Å². The van der Waals surface area contributed by atoms with Crippen LogP contribution in [0.5, 0.6) is 0 Å². The maximum atomic E-state index is 12.9. The first-order valence-corrected chi connectivity index (χ1v) is 8.58. The second kappa shape index (κ2) is 5.66. The van der Waals surface area contributed by atoms with Crippen LogP contribution in [0.15, 0.2) is 52.6 Å². The lowest BCUT2D eigenvalue weighted by Crippen LogP contribution is -2.32. The minimum absolute atomic E-state index is 0.0937. The predicted octanol–water partition coefficient (Wildman–Crippen LogP) is 3.57. The van der Waals surface area contributed by atoms with Crippen LogP contribution >= 0.6 is 11.3 Å². The zero-order valence-electron chi connectivity index (χ0n) is 12.5. The molecule has 1 fully saturated rings. The SMILES string of the molecule is O=C(c1cc2ccccc2c(=O)[nH]1)N1CCC[C@H]1c1cccs1. The van der Waals surface area contributed by atoms with E-state index in [1.165, 1.54) is 4.88 Å². The molecule has 23 heavy (non-hydrogen) atoms. The van der Waals surface area contributed by atoms with Crippen molar-refractivity contribution in [2.75, 3.05) is 6.54 Å². The second-order valence-electron chi connectivity index (χ2n) is 5.77. The molecule has 0 radical (unpaired) electrons. The van der Waals surface area contributed by atoms with Crippen molar-refractivity contribution in [1.82, 2.24) is 9.88 Å². The Hall–Kier alpha value is -2.40. The Bertz CT molecular complexity index is 914. The van der Waals surface area contributed by atoms with E-state index in [9.17, 15) is 9.59 Å². The van der Waals surface area contributed by atoms with Gasteiger partial charge in [0.25, 0.3) is 11.5 Å². The van der Waals surface area contributed by atoms with Gasteiger partial charge in [-0.15, -0.1) is 11.3 Å². The van der Waals surface area contributed by atoms with Crippen molar-refractivity contribution in [2.24, 2.45) is 0 Å². The maximum absolute atomic E-state index is 12.9. The molecule has 4 nitrogen and oxygen atoms in total. The molecule has 1 aliphatic rings. The monoisotopic (exact) mass is 324 g/mol. The van der Waals surface area contributed by atoms with Gasteiger partial charge in [-0.25, -0.2) is 0 Å². The third-order valence-corrected chi connectivity index (χ3v) is 5.34. The van der Waals surface area contributed by atoms with Crippen molar-refractivity contribution in [2.45, 2.75) is 18.9 Å². The largest absolute Gasteiger partial charge is 0.330 e. The van der Waals surface area contributed by atoms with Gasteiger partial charge in [-0.1, -0.05) is 24.3 Å². The van der Waals surface area contributed by atoms with Gasteiger partial charge in [-0.3, -0.25) is 9.59 Å². The number of carbonyl (C=O) groups is 1. The van der Waals surface area contributed by atoms with Crippen molar-refractivity contribution < 1.29 is 4.79 Å². The first-order valence-electron chi connectivity index (χ1n) is 7.70. The zero-order valence-corrected chi connectivity index (χ0v) is 13.3. The average Bonchev–Trinajstić information content (AvgIpc) is 3.25. The molecule has 1 atom stereocenters. The number of likely N-dealkylation sites (tertiary alicyclic amines) is 1. The Morgan fingerprint density at radius 1 is 1.22 bits per heavy atom. The molecule has 0 bridgehead atoms. The van der Waals surface area contributed by atoms with Gasteiger partial charge in [0, 0.05) is 16.8 Å². The highest BCUT2D eigenvalue weighted by Gasteiger charge is 2.31. The highest BCUT2D eigenvalue weighted by Crippen LogP contribution is 2.35. The molecule has 1 saturated heterocycles.